The fraction of sp³-hybridized carbons (Fsp3) is 1.00. The molecule has 0 bridgehead atoms. The number of likely N-dealkylation sites (tertiary alicyclic amines) is 1. The third-order valence-electron chi connectivity index (χ3n) is 5.36. The van der Waals surface area contributed by atoms with Crippen molar-refractivity contribution in [2.75, 3.05) is 25.4 Å². The van der Waals surface area contributed by atoms with Crippen molar-refractivity contribution in [3.05, 3.63) is 0 Å². The van der Waals surface area contributed by atoms with Crippen molar-refractivity contribution in [2.45, 2.75) is 44.9 Å². The van der Waals surface area contributed by atoms with Crippen LogP contribution >= 0.6 is 12.6 Å². The number of hydrogen-bond donors (Lipinski definition) is 1. The number of hydrogen-bond acceptors (Lipinski definition) is 2. The van der Waals surface area contributed by atoms with Gasteiger partial charge in [-0.05, 0) is 48.7 Å². The maximum Gasteiger partial charge on any atom is 0.00460 e. The molecule has 2 atom stereocenters. The van der Waals surface area contributed by atoms with Crippen LogP contribution in [0, 0.1) is 17.3 Å². The molecule has 0 aromatic carbocycles. The molecule has 2 aliphatic carbocycles. The first kappa shape index (κ1) is 11.4. The van der Waals surface area contributed by atoms with Gasteiger partial charge in [0, 0.05) is 19.6 Å². The smallest absolute Gasteiger partial charge is 0.00460 e. The van der Waals surface area contributed by atoms with Crippen LogP contribution in [-0.4, -0.2) is 30.3 Å². The first-order valence-corrected chi connectivity index (χ1v) is 7.78. The summed E-state index contributed by atoms with van der Waals surface area (Å²) in [5.74, 6) is 3.22. The van der Waals surface area contributed by atoms with Gasteiger partial charge in [0.15, 0.2) is 0 Å². The SMILES string of the molecule is SCC1(CN2CC3CCCC3C2)CCCC1. The van der Waals surface area contributed by atoms with E-state index in [4.69, 9.17) is 0 Å². The van der Waals surface area contributed by atoms with Crippen molar-refractivity contribution in [1.29, 1.82) is 0 Å². The molecule has 1 nitrogen and oxygen atoms in total. The molecule has 0 radical (unpaired) electrons. The fourth-order valence-corrected chi connectivity index (χ4v) is 4.84. The normalized spacial score (nSPS) is 38.1. The Balaban J connectivity index is 1.59. The lowest BCUT2D eigenvalue weighted by molar-refractivity contribution is 0.190. The van der Waals surface area contributed by atoms with E-state index >= 15 is 0 Å². The van der Waals surface area contributed by atoms with Gasteiger partial charge in [-0.15, -0.1) is 0 Å². The Morgan fingerprint density at radius 3 is 2.19 bits per heavy atom. The second-order valence-corrected chi connectivity index (χ2v) is 6.83. The van der Waals surface area contributed by atoms with Crippen molar-refractivity contribution in [2.24, 2.45) is 17.3 Å². The van der Waals surface area contributed by atoms with Gasteiger partial charge in [0.2, 0.25) is 0 Å². The number of thiol groups is 1. The molecule has 92 valence electrons. The predicted octanol–water partition coefficient (Wildman–Crippen LogP) is 3.21. The van der Waals surface area contributed by atoms with Gasteiger partial charge < -0.3 is 4.90 Å². The molecule has 0 aromatic heterocycles. The quantitative estimate of drug-likeness (QED) is 0.740. The number of fused-ring (bicyclic) bond motifs is 1. The lowest BCUT2D eigenvalue weighted by Gasteiger charge is -2.32. The highest BCUT2D eigenvalue weighted by Gasteiger charge is 2.40. The third-order valence-corrected chi connectivity index (χ3v) is 6.03. The molecule has 0 spiro atoms. The molecule has 1 aliphatic heterocycles. The second kappa shape index (κ2) is 4.53. The van der Waals surface area contributed by atoms with Gasteiger partial charge in [0.1, 0.15) is 0 Å². The summed E-state index contributed by atoms with van der Waals surface area (Å²) in [5.41, 5.74) is 0.585. The van der Waals surface area contributed by atoms with Crippen LogP contribution in [0.5, 0.6) is 0 Å². The minimum Gasteiger partial charge on any atom is -0.302 e. The van der Waals surface area contributed by atoms with Crippen molar-refractivity contribution >= 4 is 12.6 Å². The van der Waals surface area contributed by atoms with Crippen LogP contribution < -0.4 is 0 Å². The minimum atomic E-state index is 0.585. The zero-order valence-corrected chi connectivity index (χ0v) is 11.2. The van der Waals surface area contributed by atoms with E-state index in [2.05, 4.69) is 17.5 Å². The van der Waals surface area contributed by atoms with E-state index in [-0.39, 0.29) is 0 Å². The molecule has 2 heteroatoms. The summed E-state index contributed by atoms with van der Waals surface area (Å²) in [4.78, 5) is 2.77. The van der Waals surface area contributed by atoms with E-state index in [9.17, 15) is 0 Å². The highest BCUT2D eigenvalue weighted by molar-refractivity contribution is 7.80. The molecule has 0 amide bonds. The molecule has 3 fully saturated rings. The summed E-state index contributed by atoms with van der Waals surface area (Å²) in [6, 6.07) is 0. The molecule has 2 saturated carbocycles. The zero-order chi connectivity index (χ0) is 11.0. The molecule has 0 aromatic rings. The second-order valence-electron chi connectivity index (χ2n) is 6.51. The summed E-state index contributed by atoms with van der Waals surface area (Å²) in [6.07, 6.45) is 10.3. The van der Waals surface area contributed by atoms with E-state index in [1.54, 1.807) is 0 Å². The highest BCUT2D eigenvalue weighted by atomic mass is 32.1. The van der Waals surface area contributed by atoms with E-state index in [1.165, 1.54) is 64.6 Å². The largest absolute Gasteiger partial charge is 0.302 e. The Morgan fingerprint density at radius 1 is 1.00 bits per heavy atom. The first-order valence-electron chi connectivity index (χ1n) is 7.15. The van der Waals surface area contributed by atoms with Crippen LogP contribution in [0.2, 0.25) is 0 Å². The zero-order valence-electron chi connectivity index (χ0n) is 10.3. The summed E-state index contributed by atoms with van der Waals surface area (Å²) in [5, 5.41) is 0. The standard InChI is InChI=1S/C14H25NS/c16-11-14(6-1-2-7-14)10-15-8-12-4-3-5-13(12)9-15/h12-13,16H,1-11H2. The van der Waals surface area contributed by atoms with Gasteiger partial charge in [-0.3, -0.25) is 0 Å². The van der Waals surface area contributed by atoms with E-state index in [0.717, 1.165) is 17.6 Å². The first-order chi connectivity index (χ1) is 7.81. The Kier molecular flexibility index (Phi) is 3.23. The van der Waals surface area contributed by atoms with Gasteiger partial charge in [-0.1, -0.05) is 19.3 Å². The summed E-state index contributed by atoms with van der Waals surface area (Å²) in [7, 11) is 0. The Labute approximate surface area is 105 Å². The molecule has 0 N–H and O–H groups in total. The maximum absolute atomic E-state index is 4.63. The lowest BCUT2D eigenvalue weighted by atomic mass is 9.88. The van der Waals surface area contributed by atoms with Gasteiger partial charge >= 0.3 is 0 Å². The van der Waals surface area contributed by atoms with Crippen LogP contribution in [0.3, 0.4) is 0 Å². The molecule has 3 rings (SSSR count). The van der Waals surface area contributed by atoms with Crippen LogP contribution in [0.15, 0.2) is 0 Å². The average molecular weight is 239 g/mol. The van der Waals surface area contributed by atoms with Gasteiger partial charge in [0.25, 0.3) is 0 Å². The molecule has 3 aliphatic rings. The van der Waals surface area contributed by atoms with Crippen LogP contribution in [-0.2, 0) is 0 Å². The van der Waals surface area contributed by atoms with E-state index in [0.29, 0.717) is 5.41 Å². The van der Waals surface area contributed by atoms with Gasteiger partial charge in [-0.25, -0.2) is 0 Å². The molecule has 2 unspecified atom stereocenters. The third kappa shape index (κ3) is 2.03. The van der Waals surface area contributed by atoms with Gasteiger partial charge in [-0.2, -0.15) is 12.6 Å². The monoisotopic (exact) mass is 239 g/mol. The molecule has 1 heterocycles. The average Bonchev–Trinajstić information content (AvgIpc) is 2.93. The van der Waals surface area contributed by atoms with Crippen LogP contribution in [0.4, 0.5) is 0 Å². The molecule has 1 saturated heterocycles. The molecular weight excluding hydrogens is 214 g/mol. The number of nitrogens with zero attached hydrogens (tertiary/aromatic N) is 1. The van der Waals surface area contributed by atoms with Crippen LogP contribution in [0.25, 0.3) is 0 Å². The van der Waals surface area contributed by atoms with Crippen molar-refractivity contribution in [1.82, 2.24) is 4.90 Å². The van der Waals surface area contributed by atoms with Crippen molar-refractivity contribution in [3.8, 4) is 0 Å². The van der Waals surface area contributed by atoms with Crippen LogP contribution in [0.1, 0.15) is 44.9 Å². The molecular formula is C14H25NS. The highest BCUT2D eigenvalue weighted by Crippen LogP contribution is 2.43. The summed E-state index contributed by atoms with van der Waals surface area (Å²) < 4.78 is 0. The Hall–Kier alpha value is 0.310. The topological polar surface area (TPSA) is 3.24 Å². The predicted molar refractivity (Wildman–Crippen MR) is 72.0 cm³/mol. The Morgan fingerprint density at radius 2 is 1.62 bits per heavy atom. The summed E-state index contributed by atoms with van der Waals surface area (Å²) in [6.45, 7) is 4.16. The Bertz CT molecular complexity index is 235. The van der Waals surface area contributed by atoms with Gasteiger partial charge in [0.05, 0.1) is 0 Å². The maximum atomic E-state index is 4.63. The van der Waals surface area contributed by atoms with E-state index in [1.807, 2.05) is 0 Å². The van der Waals surface area contributed by atoms with E-state index < -0.39 is 0 Å². The van der Waals surface area contributed by atoms with Crippen molar-refractivity contribution < 1.29 is 0 Å². The number of rotatable bonds is 3. The lowest BCUT2D eigenvalue weighted by Crippen LogP contribution is -2.36. The van der Waals surface area contributed by atoms with Crippen molar-refractivity contribution in [3.63, 3.8) is 0 Å². The fourth-order valence-electron chi connectivity index (χ4n) is 4.43. The minimum absolute atomic E-state index is 0.585. The summed E-state index contributed by atoms with van der Waals surface area (Å²) >= 11 is 4.63. The molecule has 16 heavy (non-hydrogen) atoms.